The van der Waals surface area contributed by atoms with Gasteiger partial charge in [0.05, 0.1) is 0 Å². The second-order valence-electron chi connectivity index (χ2n) is 6.62. The third-order valence-electron chi connectivity index (χ3n) is 5.38. The van der Waals surface area contributed by atoms with Crippen molar-refractivity contribution in [2.75, 3.05) is 0 Å². The largest absolute Gasteiger partial charge is 0.295 e. The van der Waals surface area contributed by atoms with E-state index in [0.29, 0.717) is 29.0 Å². The SMILES string of the molecule is C=C1C(=O)CC2CC3(C)CCCC(C)C3=CC12. The average Bonchev–Trinajstić information content (AvgIpc) is 2.52. The lowest BCUT2D eigenvalue weighted by atomic mass is 9.58. The summed E-state index contributed by atoms with van der Waals surface area (Å²) >= 11 is 0. The van der Waals surface area contributed by atoms with Gasteiger partial charge in [0.1, 0.15) is 0 Å². The molecule has 0 N–H and O–H groups in total. The molecular weight excluding hydrogens is 208 g/mol. The molecule has 2 fully saturated rings. The Morgan fingerprint density at radius 3 is 3.00 bits per heavy atom. The van der Waals surface area contributed by atoms with Crippen LogP contribution >= 0.6 is 0 Å². The monoisotopic (exact) mass is 230 g/mol. The highest BCUT2D eigenvalue weighted by molar-refractivity contribution is 5.98. The molecule has 3 aliphatic rings. The standard InChI is InChI=1S/C16H22O/c1-10-5-4-6-16(3)9-12-7-15(17)11(2)13(12)8-14(10)16/h8,10,12-13H,2,4-7,9H2,1,3H3. The number of carbonyl (C=O) groups is 1. The molecule has 0 aromatic rings. The van der Waals surface area contributed by atoms with E-state index < -0.39 is 0 Å². The van der Waals surface area contributed by atoms with Gasteiger partial charge in [0.15, 0.2) is 5.78 Å². The Morgan fingerprint density at radius 2 is 2.24 bits per heavy atom. The molecule has 1 nitrogen and oxygen atoms in total. The first-order chi connectivity index (χ1) is 8.01. The minimum atomic E-state index is 0.312. The van der Waals surface area contributed by atoms with Crippen LogP contribution in [0.25, 0.3) is 0 Å². The molecule has 3 rings (SSSR count). The molecule has 0 spiro atoms. The van der Waals surface area contributed by atoms with E-state index in [1.807, 2.05) is 0 Å². The van der Waals surface area contributed by atoms with Crippen LogP contribution in [0.4, 0.5) is 0 Å². The number of allylic oxidation sites excluding steroid dienone is 3. The summed E-state index contributed by atoms with van der Waals surface area (Å²) in [5.41, 5.74) is 2.88. The van der Waals surface area contributed by atoms with Crippen molar-refractivity contribution in [1.29, 1.82) is 0 Å². The Hall–Kier alpha value is -0.850. The van der Waals surface area contributed by atoms with Gasteiger partial charge >= 0.3 is 0 Å². The summed E-state index contributed by atoms with van der Waals surface area (Å²) in [6.07, 6.45) is 8.36. The molecule has 0 radical (unpaired) electrons. The summed E-state index contributed by atoms with van der Waals surface area (Å²) < 4.78 is 0. The Kier molecular flexibility index (Phi) is 2.36. The average molecular weight is 230 g/mol. The Morgan fingerprint density at radius 1 is 1.47 bits per heavy atom. The van der Waals surface area contributed by atoms with E-state index in [0.717, 1.165) is 12.0 Å². The first-order valence-electron chi connectivity index (χ1n) is 6.95. The highest BCUT2D eigenvalue weighted by atomic mass is 16.1. The van der Waals surface area contributed by atoms with Crippen LogP contribution in [0.5, 0.6) is 0 Å². The van der Waals surface area contributed by atoms with Gasteiger partial charge in [-0.1, -0.05) is 38.5 Å². The lowest BCUT2D eigenvalue weighted by molar-refractivity contribution is -0.114. The van der Waals surface area contributed by atoms with E-state index in [4.69, 9.17) is 0 Å². The molecule has 0 aliphatic heterocycles. The molecule has 0 aromatic heterocycles. The van der Waals surface area contributed by atoms with Crippen LogP contribution in [0.3, 0.4) is 0 Å². The van der Waals surface area contributed by atoms with Gasteiger partial charge in [-0.3, -0.25) is 4.79 Å². The molecule has 0 bridgehead atoms. The summed E-state index contributed by atoms with van der Waals surface area (Å²) in [6.45, 7) is 8.77. The number of Topliss-reactive ketones (excluding diaryl/α,β-unsaturated/α-hetero) is 1. The molecule has 92 valence electrons. The Labute approximate surface area is 104 Å². The summed E-state index contributed by atoms with van der Waals surface area (Å²) in [5.74, 6) is 1.94. The van der Waals surface area contributed by atoms with Crippen LogP contribution in [-0.2, 0) is 4.79 Å². The van der Waals surface area contributed by atoms with Crippen molar-refractivity contribution in [2.24, 2.45) is 23.2 Å². The fourth-order valence-electron chi connectivity index (χ4n) is 4.45. The number of hydrogen-bond acceptors (Lipinski definition) is 1. The zero-order valence-corrected chi connectivity index (χ0v) is 11.0. The highest BCUT2D eigenvalue weighted by Crippen LogP contribution is 2.55. The van der Waals surface area contributed by atoms with E-state index in [1.54, 1.807) is 5.57 Å². The van der Waals surface area contributed by atoms with E-state index in [-0.39, 0.29) is 0 Å². The Bertz CT molecular complexity index is 417. The minimum Gasteiger partial charge on any atom is -0.295 e. The zero-order chi connectivity index (χ0) is 12.2. The quantitative estimate of drug-likeness (QED) is 0.455. The van der Waals surface area contributed by atoms with Gasteiger partial charge in [-0.05, 0) is 42.1 Å². The van der Waals surface area contributed by atoms with Crippen LogP contribution in [-0.4, -0.2) is 5.78 Å². The number of rotatable bonds is 0. The fourth-order valence-corrected chi connectivity index (χ4v) is 4.45. The van der Waals surface area contributed by atoms with Gasteiger partial charge in [0.25, 0.3) is 0 Å². The smallest absolute Gasteiger partial charge is 0.159 e. The van der Waals surface area contributed by atoms with E-state index >= 15 is 0 Å². The van der Waals surface area contributed by atoms with Crippen molar-refractivity contribution in [1.82, 2.24) is 0 Å². The van der Waals surface area contributed by atoms with Gasteiger partial charge in [0, 0.05) is 12.3 Å². The van der Waals surface area contributed by atoms with Crippen molar-refractivity contribution in [3.8, 4) is 0 Å². The van der Waals surface area contributed by atoms with Crippen molar-refractivity contribution in [3.05, 3.63) is 23.8 Å². The lowest BCUT2D eigenvalue weighted by Gasteiger charge is -2.46. The molecular formula is C16H22O. The third kappa shape index (κ3) is 1.55. The molecule has 0 saturated heterocycles. The van der Waals surface area contributed by atoms with Crippen molar-refractivity contribution in [3.63, 3.8) is 0 Å². The van der Waals surface area contributed by atoms with E-state index in [2.05, 4.69) is 26.5 Å². The molecule has 1 heteroatoms. The number of fused-ring (bicyclic) bond motifs is 2. The van der Waals surface area contributed by atoms with Crippen LogP contribution in [0.2, 0.25) is 0 Å². The molecule has 17 heavy (non-hydrogen) atoms. The second-order valence-corrected chi connectivity index (χ2v) is 6.62. The first kappa shape index (κ1) is 11.3. The highest BCUT2D eigenvalue weighted by Gasteiger charge is 2.47. The van der Waals surface area contributed by atoms with Crippen LogP contribution in [0.15, 0.2) is 23.8 Å². The predicted molar refractivity (Wildman–Crippen MR) is 69.6 cm³/mol. The Balaban J connectivity index is 2.01. The molecule has 2 saturated carbocycles. The number of carbonyl (C=O) groups excluding carboxylic acids is 1. The maximum atomic E-state index is 11.8. The van der Waals surface area contributed by atoms with Crippen LogP contribution < -0.4 is 0 Å². The van der Waals surface area contributed by atoms with E-state index in [9.17, 15) is 4.79 Å². The van der Waals surface area contributed by atoms with Crippen molar-refractivity contribution in [2.45, 2.75) is 46.0 Å². The predicted octanol–water partition coefficient (Wildman–Crippen LogP) is 3.90. The van der Waals surface area contributed by atoms with Gasteiger partial charge < -0.3 is 0 Å². The summed E-state index contributed by atoms with van der Waals surface area (Å²) in [6, 6.07) is 0. The molecule has 0 amide bonds. The molecule has 3 aliphatic carbocycles. The van der Waals surface area contributed by atoms with Crippen molar-refractivity contribution >= 4 is 5.78 Å². The summed E-state index contributed by atoms with van der Waals surface area (Å²) in [4.78, 5) is 11.8. The van der Waals surface area contributed by atoms with Gasteiger partial charge in [-0.25, -0.2) is 0 Å². The van der Waals surface area contributed by atoms with E-state index in [1.165, 1.54) is 25.7 Å². The maximum absolute atomic E-state index is 11.8. The number of ketones is 1. The number of hydrogen-bond donors (Lipinski definition) is 0. The topological polar surface area (TPSA) is 17.1 Å². The second kappa shape index (κ2) is 3.57. The normalized spacial score (nSPS) is 45.3. The molecule has 4 atom stereocenters. The lowest BCUT2D eigenvalue weighted by Crippen LogP contribution is -2.35. The maximum Gasteiger partial charge on any atom is 0.159 e. The van der Waals surface area contributed by atoms with Gasteiger partial charge in [-0.2, -0.15) is 0 Å². The summed E-state index contributed by atoms with van der Waals surface area (Å²) in [5, 5.41) is 0. The van der Waals surface area contributed by atoms with Gasteiger partial charge in [-0.15, -0.1) is 0 Å². The molecule has 0 aromatic carbocycles. The first-order valence-corrected chi connectivity index (χ1v) is 6.95. The summed E-state index contributed by atoms with van der Waals surface area (Å²) in [7, 11) is 0. The molecule has 4 unspecified atom stereocenters. The fraction of sp³-hybridized carbons (Fsp3) is 0.688. The third-order valence-corrected chi connectivity index (χ3v) is 5.38. The zero-order valence-electron chi connectivity index (χ0n) is 11.0. The molecule has 0 heterocycles. The van der Waals surface area contributed by atoms with Crippen molar-refractivity contribution < 1.29 is 4.79 Å². The van der Waals surface area contributed by atoms with Crippen LogP contribution in [0, 0.1) is 23.2 Å². The van der Waals surface area contributed by atoms with Gasteiger partial charge in [0.2, 0.25) is 0 Å². The minimum absolute atomic E-state index is 0.312. The van der Waals surface area contributed by atoms with Crippen LogP contribution in [0.1, 0.15) is 46.0 Å².